The van der Waals surface area contributed by atoms with Crippen molar-refractivity contribution in [2.45, 2.75) is 55.2 Å². The lowest BCUT2D eigenvalue weighted by Gasteiger charge is -2.36. The van der Waals surface area contributed by atoms with Crippen LogP contribution in [0.4, 0.5) is 5.69 Å². The highest BCUT2D eigenvalue weighted by Gasteiger charge is 2.25. The highest BCUT2D eigenvalue weighted by molar-refractivity contribution is 7.99. The first kappa shape index (κ1) is 26.7. The predicted molar refractivity (Wildman–Crippen MR) is 147 cm³/mol. The number of nitrogens with zero attached hydrogens (tertiary/aromatic N) is 3. The van der Waals surface area contributed by atoms with Crippen LogP contribution in [0.25, 0.3) is 0 Å². The molecule has 194 valence electrons. The fourth-order valence-corrected chi connectivity index (χ4v) is 5.84. The second-order valence-electron chi connectivity index (χ2n) is 9.62. The number of carboxylic acids is 1. The summed E-state index contributed by atoms with van der Waals surface area (Å²) in [4.78, 5) is 23.9. The SMILES string of the molecule is CCCCCCC(CCOCCN1CCN(C2=Nc3ccccc3Sc3ccccc32)CC1)C(=O)O. The Hall–Kier alpha value is -2.35. The van der Waals surface area contributed by atoms with E-state index in [4.69, 9.17) is 9.73 Å². The summed E-state index contributed by atoms with van der Waals surface area (Å²) < 4.78 is 5.84. The maximum absolute atomic E-state index is 11.5. The number of para-hydroxylation sites is 1. The van der Waals surface area contributed by atoms with Gasteiger partial charge >= 0.3 is 5.97 Å². The van der Waals surface area contributed by atoms with Crippen molar-refractivity contribution in [3.63, 3.8) is 0 Å². The molecule has 2 aromatic rings. The summed E-state index contributed by atoms with van der Waals surface area (Å²) in [6.45, 7) is 8.01. The summed E-state index contributed by atoms with van der Waals surface area (Å²) in [6.07, 6.45) is 5.84. The van der Waals surface area contributed by atoms with Gasteiger partial charge in [0.15, 0.2) is 0 Å². The van der Waals surface area contributed by atoms with E-state index in [9.17, 15) is 9.90 Å². The van der Waals surface area contributed by atoms with Crippen molar-refractivity contribution in [3.8, 4) is 0 Å². The topological polar surface area (TPSA) is 65.4 Å². The van der Waals surface area contributed by atoms with E-state index in [1.54, 1.807) is 11.8 Å². The van der Waals surface area contributed by atoms with Crippen molar-refractivity contribution in [2.24, 2.45) is 10.9 Å². The van der Waals surface area contributed by atoms with Gasteiger partial charge in [0.05, 0.1) is 18.2 Å². The second-order valence-corrected chi connectivity index (χ2v) is 10.7. The Labute approximate surface area is 219 Å². The molecule has 0 aliphatic carbocycles. The molecule has 0 amide bonds. The quantitative estimate of drug-likeness (QED) is 0.358. The number of aliphatic imine (C=N–C) groups is 1. The van der Waals surface area contributed by atoms with E-state index in [1.807, 2.05) is 0 Å². The predicted octanol–water partition coefficient (Wildman–Crippen LogP) is 5.93. The largest absolute Gasteiger partial charge is 0.481 e. The van der Waals surface area contributed by atoms with Crippen molar-refractivity contribution >= 4 is 29.3 Å². The van der Waals surface area contributed by atoms with Crippen LogP contribution in [-0.4, -0.2) is 72.6 Å². The Kier molecular flexibility index (Phi) is 10.3. The molecule has 1 atom stereocenters. The van der Waals surface area contributed by atoms with E-state index in [2.05, 4.69) is 65.3 Å². The number of carbonyl (C=O) groups is 1. The van der Waals surface area contributed by atoms with E-state index in [1.165, 1.54) is 28.2 Å². The molecule has 1 N–H and O–H groups in total. The Bertz CT molecular complexity index is 1020. The van der Waals surface area contributed by atoms with Crippen LogP contribution in [0.3, 0.4) is 0 Å². The van der Waals surface area contributed by atoms with Crippen LogP contribution in [0.5, 0.6) is 0 Å². The van der Waals surface area contributed by atoms with Crippen LogP contribution in [0, 0.1) is 5.92 Å². The zero-order valence-electron chi connectivity index (χ0n) is 21.4. The number of hydrogen-bond donors (Lipinski definition) is 1. The van der Waals surface area contributed by atoms with Gasteiger partial charge in [-0.05, 0) is 31.0 Å². The summed E-state index contributed by atoms with van der Waals surface area (Å²) in [6, 6.07) is 16.9. The van der Waals surface area contributed by atoms with Crippen LogP contribution >= 0.6 is 11.8 Å². The van der Waals surface area contributed by atoms with Crippen molar-refractivity contribution in [1.29, 1.82) is 0 Å². The Morgan fingerprint density at radius 1 is 0.972 bits per heavy atom. The Morgan fingerprint density at radius 3 is 2.50 bits per heavy atom. The zero-order valence-corrected chi connectivity index (χ0v) is 22.2. The van der Waals surface area contributed by atoms with Gasteiger partial charge in [-0.1, -0.05) is 74.7 Å². The first-order valence-electron chi connectivity index (χ1n) is 13.4. The molecule has 0 saturated carbocycles. The molecule has 2 aliphatic rings. The Morgan fingerprint density at radius 2 is 1.72 bits per heavy atom. The standard InChI is InChI=1S/C29H39N3O3S/c1-2-3-4-5-10-23(29(33)34)15-21-35-22-20-31-16-18-32(19-17-31)28-24-11-6-8-13-26(24)36-27-14-9-7-12-25(27)30-28/h6-9,11-14,23H,2-5,10,15-22H2,1H3,(H,33,34). The van der Waals surface area contributed by atoms with Crippen LogP contribution in [0.1, 0.15) is 51.0 Å². The number of ether oxygens (including phenoxy) is 1. The number of fused-ring (bicyclic) bond motifs is 2. The van der Waals surface area contributed by atoms with E-state index < -0.39 is 5.97 Å². The number of amidine groups is 1. The molecule has 36 heavy (non-hydrogen) atoms. The molecular formula is C29H39N3O3S. The van der Waals surface area contributed by atoms with Gasteiger partial charge < -0.3 is 14.7 Å². The molecule has 2 aromatic carbocycles. The van der Waals surface area contributed by atoms with Crippen LogP contribution < -0.4 is 0 Å². The fraction of sp³-hybridized carbons (Fsp3) is 0.517. The number of carboxylic acid groups (broad SMARTS) is 1. The minimum atomic E-state index is -0.685. The average molecular weight is 510 g/mol. The highest BCUT2D eigenvalue weighted by atomic mass is 32.2. The second kappa shape index (κ2) is 13.8. The number of piperazine rings is 1. The van der Waals surface area contributed by atoms with Gasteiger partial charge in [0.1, 0.15) is 5.84 Å². The molecule has 6 nitrogen and oxygen atoms in total. The minimum Gasteiger partial charge on any atom is -0.481 e. The normalized spacial score (nSPS) is 16.6. The molecule has 0 bridgehead atoms. The summed E-state index contributed by atoms with van der Waals surface area (Å²) in [7, 11) is 0. The lowest BCUT2D eigenvalue weighted by molar-refractivity contribution is -0.142. The van der Waals surface area contributed by atoms with E-state index in [-0.39, 0.29) is 5.92 Å². The third-order valence-electron chi connectivity index (χ3n) is 7.03. The smallest absolute Gasteiger partial charge is 0.306 e. The molecule has 1 saturated heterocycles. The summed E-state index contributed by atoms with van der Waals surface area (Å²) >= 11 is 1.79. The molecule has 0 spiro atoms. The maximum Gasteiger partial charge on any atom is 0.306 e. The van der Waals surface area contributed by atoms with E-state index in [0.717, 1.165) is 63.5 Å². The third kappa shape index (κ3) is 7.34. The van der Waals surface area contributed by atoms with Crippen molar-refractivity contribution in [2.75, 3.05) is 45.9 Å². The molecule has 2 heterocycles. The number of hydrogen-bond acceptors (Lipinski definition) is 6. The number of rotatable bonds is 12. The number of aliphatic carboxylic acids is 1. The monoisotopic (exact) mass is 509 g/mol. The fourth-order valence-electron chi connectivity index (χ4n) is 4.82. The van der Waals surface area contributed by atoms with Crippen LogP contribution in [0.2, 0.25) is 0 Å². The third-order valence-corrected chi connectivity index (χ3v) is 8.17. The minimum absolute atomic E-state index is 0.281. The van der Waals surface area contributed by atoms with Crippen molar-refractivity contribution < 1.29 is 14.6 Å². The molecule has 1 fully saturated rings. The molecule has 1 unspecified atom stereocenters. The summed E-state index contributed by atoms with van der Waals surface area (Å²) in [5.41, 5.74) is 2.24. The van der Waals surface area contributed by atoms with E-state index in [0.29, 0.717) is 19.6 Å². The molecule has 2 aliphatic heterocycles. The van der Waals surface area contributed by atoms with Crippen LogP contribution in [-0.2, 0) is 9.53 Å². The molecule has 0 radical (unpaired) electrons. The van der Waals surface area contributed by atoms with E-state index >= 15 is 0 Å². The van der Waals surface area contributed by atoms with Crippen molar-refractivity contribution in [1.82, 2.24) is 9.80 Å². The first-order valence-corrected chi connectivity index (χ1v) is 14.2. The summed E-state index contributed by atoms with van der Waals surface area (Å²) in [5, 5.41) is 9.48. The molecular weight excluding hydrogens is 470 g/mol. The van der Waals surface area contributed by atoms with Gasteiger partial charge in [0, 0.05) is 54.7 Å². The van der Waals surface area contributed by atoms with Crippen molar-refractivity contribution in [3.05, 3.63) is 54.1 Å². The number of benzene rings is 2. The molecule has 7 heteroatoms. The average Bonchev–Trinajstić information content (AvgIpc) is 3.07. The molecule has 4 rings (SSSR count). The Balaban J connectivity index is 1.23. The lowest BCUT2D eigenvalue weighted by Crippen LogP contribution is -2.49. The van der Waals surface area contributed by atoms with Gasteiger partial charge in [0.25, 0.3) is 0 Å². The zero-order chi connectivity index (χ0) is 25.2. The summed E-state index contributed by atoms with van der Waals surface area (Å²) in [5.74, 6) is 0.102. The van der Waals surface area contributed by atoms with Gasteiger partial charge in [-0.2, -0.15) is 0 Å². The molecule has 0 aromatic heterocycles. The van der Waals surface area contributed by atoms with Gasteiger partial charge in [-0.25, -0.2) is 4.99 Å². The first-order chi connectivity index (χ1) is 17.7. The highest BCUT2D eigenvalue weighted by Crippen LogP contribution is 2.40. The number of unbranched alkanes of at least 4 members (excludes halogenated alkanes) is 3. The van der Waals surface area contributed by atoms with Gasteiger partial charge in [-0.3, -0.25) is 9.69 Å². The van der Waals surface area contributed by atoms with Gasteiger partial charge in [-0.15, -0.1) is 0 Å². The van der Waals surface area contributed by atoms with Crippen LogP contribution in [0.15, 0.2) is 63.3 Å². The lowest BCUT2D eigenvalue weighted by atomic mass is 9.98. The maximum atomic E-state index is 11.5. The van der Waals surface area contributed by atoms with Gasteiger partial charge in [0.2, 0.25) is 0 Å².